The van der Waals surface area contributed by atoms with Crippen LogP contribution in [0.1, 0.15) is 63.1 Å². The van der Waals surface area contributed by atoms with Crippen molar-refractivity contribution in [2.75, 3.05) is 32.8 Å². The molecule has 1 heterocycles. The van der Waals surface area contributed by atoms with E-state index in [1.165, 1.54) is 30.7 Å². The first-order valence-electron chi connectivity index (χ1n) is 10.2. The quantitative estimate of drug-likeness (QED) is 0.199. The fourth-order valence-electron chi connectivity index (χ4n) is 3.60. The maximum absolute atomic E-state index is 5.61. The van der Waals surface area contributed by atoms with Gasteiger partial charge in [-0.3, -0.25) is 4.99 Å². The first-order chi connectivity index (χ1) is 12.7. The minimum atomic E-state index is 0. The first-order valence-corrected chi connectivity index (χ1v) is 11.1. The zero-order chi connectivity index (χ0) is 18.7. The second-order valence-electron chi connectivity index (χ2n) is 7.26. The molecule has 0 spiro atoms. The molecule has 1 aromatic heterocycles. The lowest BCUT2D eigenvalue weighted by Gasteiger charge is -2.27. The Hall–Kier alpha value is -0.410. The van der Waals surface area contributed by atoms with Gasteiger partial charge in [0.25, 0.3) is 0 Å². The summed E-state index contributed by atoms with van der Waals surface area (Å²) < 4.78 is 5.61. The van der Waals surface area contributed by atoms with Gasteiger partial charge in [0.1, 0.15) is 0 Å². The topological polar surface area (TPSA) is 58.5 Å². The third-order valence-corrected chi connectivity index (χ3v) is 6.11. The molecule has 0 saturated heterocycles. The van der Waals surface area contributed by atoms with E-state index in [9.17, 15) is 0 Å². The molecule has 0 bridgehead atoms. The van der Waals surface area contributed by atoms with Crippen LogP contribution in [0, 0.1) is 12.3 Å². The summed E-state index contributed by atoms with van der Waals surface area (Å²) in [6.07, 6.45) is 8.47. The molecule has 7 heteroatoms. The van der Waals surface area contributed by atoms with Crippen molar-refractivity contribution in [2.24, 2.45) is 10.4 Å². The SMILES string of the molecule is CCNC(=NCC1(CCOCC)CCCC1)NCCCc1nc(C)cs1.I. The van der Waals surface area contributed by atoms with Crippen LogP contribution in [0.25, 0.3) is 0 Å². The number of nitrogens with one attached hydrogen (secondary N) is 2. The van der Waals surface area contributed by atoms with E-state index < -0.39 is 0 Å². The zero-order valence-electron chi connectivity index (χ0n) is 17.2. The summed E-state index contributed by atoms with van der Waals surface area (Å²) in [4.78, 5) is 9.45. The van der Waals surface area contributed by atoms with Crippen molar-refractivity contribution in [1.82, 2.24) is 15.6 Å². The fourth-order valence-corrected chi connectivity index (χ4v) is 4.42. The maximum atomic E-state index is 5.61. The molecule has 0 aliphatic heterocycles. The molecule has 27 heavy (non-hydrogen) atoms. The van der Waals surface area contributed by atoms with Gasteiger partial charge in [-0.25, -0.2) is 4.98 Å². The van der Waals surface area contributed by atoms with Crippen LogP contribution < -0.4 is 10.6 Å². The number of hydrogen-bond acceptors (Lipinski definition) is 4. The minimum Gasteiger partial charge on any atom is -0.382 e. The molecule has 1 aliphatic rings. The molecule has 0 aromatic carbocycles. The lowest BCUT2D eigenvalue weighted by Crippen LogP contribution is -2.39. The molecule has 1 saturated carbocycles. The number of aliphatic imine (C=N–C) groups is 1. The van der Waals surface area contributed by atoms with Gasteiger partial charge in [0.2, 0.25) is 0 Å². The minimum absolute atomic E-state index is 0. The van der Waals surface area contributed by atoms with E-state index in [0.717, 1.165) is 63.8 Å². The number of aromatic nitrogens is 1. The maximum Gasteiger partial charge on any atom is 0.191 e. The lowest BCUT2D eigenvalue weighted by atomic mass is 9.83. The number of ether oxygens (including phenoxy) is 1. The van der Waals surface area contributed by atoms with E-state index in [2.05, 4.69) is 41.8 Å². The van der Waals surface area contributed by atoms with Crippen LogP contribution in [-0.4, -0.2) is 43.8 Å². The van der Waals surface area contributed by atoms with Crippen molar-refractivity contribution in [2.45, 2.75) is 65.7 Å². The highest BCUT2D eigenvalue weighted by Crippen LogP contribution is 2.41. The third-order valence-electron chi connectivity index (χ3n) is 5.09. The van der Waals surface area contributed by atoms with E-state index in [1.54, 1.807) is 11.3 Å². The van der Waals surface area contributed by atoms with Gasteiger partial charge in [0, 0.05) is 50.3 Å². The number of guanidine groups is 1. The summed E-state index contributed by atoms with van der Waals surface area (Å²) in [7, 11) is 0. The Balaban J connectivity index is 0.00000364. The largest absolute Gasteiger partial charge is 0.382 e. The Kier molecular flexibility index (Phi) is 12.5. The Morgan fingerprint density at radius 3 is 2.70 bits per heavy atom. The summed E-state index contributed by atoms with van der Waals surface area (Å²) in [5.41, 5.74) is 1.47. The number of rotatable bonds is 11. The Morgan fingerprint density at radius 2 is 2.07 bits per heavy atom. The van der Waals surface area contributed by atoms with Crippen LogP contribution in [0.15, 0.2) is 10.4 Å². The highest BCUT2D eigenvalue weighted by Gasteiger charge is 2.33. The van der Waals surface area contributed by atoms with Gasteiger partial charge in [0.15, 0.2) is 5.96 Å². The molecule has 1 aromatic rings. The van der Waals surface area contributed by atoms with E-state index in [1.807, 2.05) is 0 Å². The van der Waals surface area contributed by atoms with Crippen molar-refractivity contribution >= 4 is 41.3 Å². The standard InChI is InChI=1S/C20H36N4OS.HI/c1-4-21-19(22-13-8-9-18-24-17(3)15-26-18)23-16-20(10-6-7-11-20)12-14-25-5-2;/h15H,4-14,16H2,1-3H3,(H2,21,22,23);1H. The molecule has 0 amide bonds. The first kappa shape index (κ1) is 24.6. The number of thiazole rings is 1. The highest BCUT2D eigenvalue weighted by molar-refractivity contribution is 14.0. The Bertz CT molecular complexity index is 544. The summed E-state index contributed by atoms with van der Waals surface area (Å²) in [5, 5.41) is 10.2. The average molecular weight is 509 g/mol. The van der Waals surface area contributed by atoms with Crippen molar-refractivity contribution in [3.05, 3.63) is 16.1 Å². The van der Waals surface area contributed by atoms with E-state index in [0.29, 0.717) is 5.41 Å². The second-order valence-corrected chi connectivity index (χ2v) is 8.20. The zero-order valence-corrected chi connectivity index (χ0v) is 20.3. The Morgan fingerprint density at radius 1 is 1.30 bits per heavy atom. The van der Waals surface area contributed by atoms with Gasteiger partial charge >= 0.3 is 0 Å². The average Bonchev–Trinajstić information content (AvgIpc) is 3.26. The van der Waals surface area contributed by atoms with Crippen molar-refractivity contribution < 1.29 is 4.74 Å². The van der Waals surface area contributed by atoms with Crippen LogP contribution in [0.4, 0.5) is 0 Å². The predicted molar refractivity (Wildman–Crippen MR) is 127 cm³/mol. The van der Waals surface area contributed by atoms with Crippen LogP contribution >= 0.6 is 35.3 Å². The molecular weight excluding hydrogens is 471 g/mol. The smallest absolute Gasteiger partial charge is 0.191 e. The number of nitrogens with zero attached hydrogens (tertiary/aromatic N) is 2. The fraction of sp³-hybridized carbons (Fsp3) is 0.800. The Labute approximate surface area is 186 Å². The van der Waals surface area contributed by atoms with Gasteiger partial charge in [-0.05, 0) is 51.9 Å². The van der Waals surface area contributed by atoms with Crippen LogP contribution in [-0.2, 0) is 11.2 Å². The molecule has 1 aliphatic carbocycles. The predicted octanol–water partition coefficient (Wildman–Crippen LogP) is 4.54. The normalized spacial score (nSPS) is 16.2. The van der Waals surface area contributed by atoms with Crippen LogP contribution in [0.2, 0.25) is 0 Å². The molecule has 0 radical (unpaired) electrons. The van der Waals surface area contributed by atoms with Gasteiger partial charge in [0.05, 0.1) is 5.01 Å². The van der Waals surface area contributed by atoms with Gasteiger partial charge in [-0.15, -0.1) is 35.3 Å². The van der Waals surface area contributed by atoms with Gasteiger partial charge in [-0.2, -0.15) is 0 Å². The second kappa shape index (κ2) is 13.7. The van der Waals surface area contributed by atoms with Crippen LogP contribution in [0.3, 0.4) is 0 Å². The molecule has 0 unspecified atom stereocenters. The highest BCUT2D eigenvalue weighted by atomic mass is 127. The third kappa shape index (κ3) is 9.09. The molecule has 1 fully saturated rings. The van der Waals surface area contributed by atoms with Gasteiger partial charge < -0.3 is 15.4 Å². The number of aryl methyl sites for hydroxylation is 2. The monoisotopic (exact) mass is 508 g/mol. The van der Waals surface area contributed by atoms with E-state index in [-0.39, 0.29) is 24.0 Å². The van der Waals surface area contributed by atoms with Crippen molar-refractivity contribution in [1.29, 1.82) is 0 Å². The molecule has 2 N–H and O–H groups in total. The van der Waals surface area contributed by atoms with Crippen molar-refractivity contribution in [3.8, 4) is 0 Å². The molecule has 2 rings (SSSR count). The summed E-state index contributed by atoms with van der Waals surface area (Å²) in [6, 6.07) is 0. The molecule has 5 nitrogen and oxygen atoms in total. The molecular formula is C20H37IN4OS. The van der Waals surface area contributed by atoms with Crippen LogP contribution in [0.5, 0.6) is 0 Å². The summed E-state index contributed by atoms with van der Waals surface area (Å²) in [5.74, 6) is 0.950. The number of hydrogen-bond donors (Lipinski definition) is 2. The summed E-state index contributed by atoms with van der Waals surface area (Å²) in [6.45, 7) is 10.6. The van der Waals surface area contributed by atoms with E-state index in [4.69, 9.17) is 9.73 Å². The lowest BCUT2D eigenvalue weighted by molar-refractivity contribution is 0.107. The summed E-state index contributed by atoms with van der Waals surface area (Å²) >= 11 is 1.76. The van der Waals surface area contributed by atoms with E-state index >= 15 is 0 Å². The molecule has 0 atom stereocenters. The molecule has 156 valence electrons. The van der Waals surface area contributed by atoms with Crippen molar-refractivity contribution in [3.63, 3.8) is 0 Å². The van der Waals surface area contributed by atoms with Gasteiger partial charge in [-0.1, -0.05) is 12.8 Å². The number of halogens is 1.